The Labute approximate surface area is 164 Å². The molecule has 0 spiro atoms. The van der Waals surface area contributed by atoms with Gasteiger partial charge in [0, 0.05) is 17.8 Å². The zero-order valence-electron chi connectivity index (χ0n) is 14.6. The van der Waals surface area contributed by atoms with Gasteiger partial charge in [-0.1, -0.05) is 23.7 Å². The van der Waals surface area contributed by atoms with Crippen LogP contribution in [-0.4, -0.2) is 47.9 Å². The lowest BCUT2D eigenvalue weighted by Gasteiger charge is -2.20. The van der Waals surface area contributed by atoms with Crippen LogP contribution < -0.4 is 4.90 Å². The van der Waals surface area contributed by atoms with Crippen molar-refractivity contribution in [3.63, 3.8) is 0 Å². The van der Waals surface area contributed by atoms with Crippen molar-refractivity contribution < 1.29 is 23.7 Å². The van der Waals surface area contributed by atoms with Gasteiger partial charge in [-0.15, -0.1) is 11.3 Å². The first-order valence-corrected chi connectivity index (χ1v) is 9.58. The lowest BCUT2D eigenvalue weighted by Crippen LogP contribution is -3.09. The van der Waals surface area contributed by atoms with E-state index in [2.05, 4.69) is 0 Å². The number of urea groups is 1. The fraction of sp³-hybridized carbons (Fsp3) is 0.278. The smallest absolute Gasteiger partial charge is 0.316 e. The largest absolute Gasteiger partial charge is 0.338 e. The number of rotatable bonds is 7. The van der Waals surface area contributed by atoms with Gasteiger partial charge in [0.05, 0.1) is 17.6 Å². The summed E-state index contributed by atoms with van der Waals surface area (Å²) in [6.07, 6.45) is 0.504. The minimum atomic E-state index is -0.856. The van der Waals surface area contributed by atoms with E-state index >= 15 is 0 Å². The molecule has 1 aromatic heterocycles. The minimum Gasteiger partial charge on any atom is -0.316 e. The highest BCUT2D eigenvalue weighted by atomic mass is 35.5. The highest BCUT2D eigenvalue weighted by Crippen LogP contribution is 2.18. The molecule has 6 nitrogen and oxygen atoms in total. The molecule has 0 bridgehead atoms. The number of nitrogens with one attached hydrogen (secondary N) is 1. The molecule has 0 radical (unpaired) electrons. The van der Waals surface area contributed by atoms with Crippen LogP contribution in [0.15, 0.2) is 35.7 Å². The number of quaternary nitrogens is 1. The number of amides is 4. The maximum atomic E-state index is 13.9. The van der Waals surface area contributed by atoms with Crippen LogP contribution in [0.3, 0.4) is 0 Å². The maximum absolute atomic E-state index is 13.9. The lowest BCUT2D eigenvalue weighted by atomic mass is 10.2. The van der Waals surface area contributed by atoms with Gasteiger partial charge in [0.1, 0.15) is 12.4 Å². The van der Waals surface area contributed by atoms with Crippen LogP contribution in [0.25, 0.3) is 0 Å². The van der Waals surface area contributed by atoms with E-state index in [1.807, 2.05) is 17.5 Å². The van der Waals surface area contributed by atoms with Crippen molar-refractivity contribution in [2.45, 2.75) is 13.0 Å². The van der Waals surface area contributed by atoms with Gasteiger partial charge in [-0.3, -0.25) is 14.5 Å². The monoisotopic (exact) mass is 410 g/mol. The van der Waals surface area contributed by atoms with Crippen LogP contribution in [0.4, 0.5) is 9.18 Å². The summed E-state index contributed by atoms with van der Waals surface area (Å²) >= 11 is 7.55. The molecule has 2 heterocycles. The number of benzene rings is 1. The Morgan fingerprint density at radius 3 is 2.52 bits per heavy atom. The molecule has 1 N–H and O–H groups in total. The zero-order chi connectivity index (χ0) is 19.6. The van der Waals surface area contributed by atoms with E-state index in [1.54, 1.807) is 13.1 Å². The highest BCUT2D eigenvalue weighted by Gasteiger charge is 2.45. The van der Waals surface area contributed by atoms with Crippen LogP contribution in [0.1, 0.15) is 10.4 Å². The van der Waals surface area contributed by atoms with Crippen molar-refractivity contribution >= 4 is 40.8 Å². The normalized spacial score (nSPS) is 15.7. The van der Waals surface area contributed by atoms with Crippen molar-refractivity contribution in [1.82, 2.24) is 9.80 Å². The number of carbonyl (C=O) groups is 3. The van der Waals surface area contributed by atoms with E-state index in [-0.39, 0.29) is 24.8 Å². The molecule has 1 saturated heterocycles. The second-order valence-electron chi connectivity index (χ2n) is 6.29. The molecule has 1 aliphatic rings. The van der Waals surface area contributed by atoms with E-state index < -0.39 is 23.7 Å². The molecule has 0 aliphatic carbocycles. The molecule has 9 heteroatoms. The fourth-order valence-electron chi connectivity index (χ4n) is 2.89. The summed E-state index contributed by atoms with van der Waals surface area (Å²) in [4.78, 5) is 40.4. The Hall–Kier alpha value is -2.29. The van der Waals surface area contributed by atoms with E-state index in [0.717, 1.165) is 14.7 Å². The Bertz CT molecular complexity index is 854. The molecule has 2 aromatic rings. The van der Waals surface area contributed by atoms with Crippen molar-refractivity contribution in [2.24, 2.45) is 0 Å². The number of imide groups is 2. The SMILES string of the molecule is C[NH+](Cc1c(F)cccc1Cl)CN1C(=O)C(=O)N(CCc2cccs2)C1=O. The number of thiophene rings is 1. The molecular weight excluding hydrogens is 393 g/mol. The van der Waals surface area contributed by atoms with E-state index in [9.17, 15) is 18.8 Å². The third kappa shape index (κ3) is 4.18. The average molecular weight is 411 g/mol. The summed E-state index contributed by atoms with van der Waals surface area (Å²) in [5, 5.41) is 2.19. The number of halogens is 2. The van der Waals surface area contributed by atoms with Crippen molar-refractivity contribution in [2.75, 3.05) is 20.3 Å². The standard InChI is InChI=1S/C18H17ClFN3O3S/c1-21(10-13-14(19)5-2-6-15(13)20)11-23-17(25)16(24)22(18(23)26)8-7-12-4-3-9-27-12/h2-6,9H,7-8,10-11H2,1H3/p+1. The maximum Gasteiger partial charge on any atom is 0.338 e. The Balaban J connectivity index is 1.64. The first-order chi connectivity index (χ1) is 12.9. The predicted octanol–water partition coefficient (Wildman–Crippen LogP) is 1.55. The molecule has 1 aliphatic heterocycles. The van der Waals surface area contributed by atoms with E-state index in [4.69, 9.17) is 11.6 Å². The van der Waals surface area contributed by atoms with Crippen LogP contribution in [-0.2, 0) is 22.6 Å². The summed E-state index contributed by atoms with van der Waals surface area (Å²) in [7, 11) is 1.70. The van der Waals surface area contributed by atoms with Gasteiger partial charge >= 0.3 is 17.8 Å². The lowest BCUT2D eigenvalue weighted by molar-refractivity contribution is -0.901. The van der Waals surface area contributed by atoms with Gasteiger partial charge in [0.15, 0.2) is 6.67 Å². The predicted molar refractivity (Wildman–Crippen MR) is 98.8 cm³/mol. The average Bonchev–Trinajstić information content (AvgIpc) is 3.21. The summed E-state index contributed by atoms with van der Waals surface area (Å²) in [5.41, 5.74) is 0.302. The molecule has 1 atom stereocenters. The highest BCUT2D eigenvalue weighted by molar-refractivity contribution is 7.09. The fourth-order valence-corrected chi connectivity index (χ4v) is 3.82. The Morgan fingerprint density at radius 2 is 1.85 bits per heavy atom. The molecular formula is C18H18ClFN3O3S+. The molecule has 1 aromatic carbocycles. The molecule has 0 saturated carbocycles. The molecule has 142 valence electrons. The van der Waals surface area contributed by atoms with Gasteiger partial charge in [0.25, 0.3) is 0 Å². The number of carbonyl (C=O) groups excluding carboxylic acids is 3. The molecule has 1 fully saturated rings. The number of nitrogens with zero attached hydrogens (tertiary/aromatic N) is 2. The third-order valence-corrected chi connectivity index (χ3v) is 5.56. The first kappa shape index (κ1) is 19.5. The van der Waals surface area contributed by atoms with E-state index in [0.29, 0.717) is 16.9 Å². The van der Waals surface area contributed by atoms with Crippen LogP contribution in [0.5, 0.6) is 0 Å². The molecule has 3 rings (SSSR count). The van der Waals surface area contributed by atoms with Crippen LogP contribution in [0.2, 0.25) is 5.02 Å². The zero-order valence-corrected chi connectivity index (χ0v) is 16.1. The van der Waals surface area contributed by atoms with Crippen molar-refractivity contribution in [3.8, 4) is 0 Å². The van der Waals surface area contributed by atoms with Crippen molar-refractivity contribution in [3.05, 3.63) is 57.0 Å². The number of hydrogen-bond acceptors (Lipinski definition) is 4. The van der Waals surface area contributed by atoms with Crippen molar-refractivity contribution in [1.29, 1.82) is 0 Å². The summed E-state index contributed by atoms with van der Waals surface area (Å²) in [6.45, 7) is 0.272. The Kier molecular flexibility index (Phi) is 5.88. The third-order valence-electron chi connectivity index (χ3n) is 4.27. The summed E-state index contributed by atoms with van der Waals surface area (Å²) < 4.78 is 13.9. The van der Waals surface area contributed by atoms with Gasteiger partial charge < -0.3 is 4.90 Å². The summed E-state index contributed by atoms with van der Waals surface area (Å²) in [6, 6.07) is 7.54. The van der Waals surface area contributed by atoms with Gasteiger partial charge in [-0.2, -0.15) is 0 Å². The molecule has 1 unspecified atom stereocenters. The van der Waals surface area contributed by atoms with E-state index in [1.165, 1.54) is 23.5 Å². The van der Waals surface area contributed by atoms with Gasteiger partial charge in [0.2, 0.25) is 0 Å². The summed E-state index contributed by atoms with van der Waals surface area (Å²) in [5.74, 6) is -2.13. The van der Waals surface area contributed by atoms with Crippen LogP contribution in [0, 0.1) is 5.82 Å². The molecule has 27 heavy (non-hydrogen) atoms. The molecule has 4 amide bonds. The topological polar surface area (TPSA) is 62.1 Å². The van der Waals surface area contributed by atoms with Crippen LogP contribution >= 0.6 is 22.9 Å². The second-order valence-corrected chi connectivity index (χ2v) is 7.73. The second kappa shape index (κ2) is 8.16. The Morgan fingerprint density at radius 1 is 1.11 bits per heavy atom. The first-order valence-electron chi connectivity index (χ1n) is 8.32. The number of hydrogen-bond donors (Lipinski definition) is 1. The minimum absolute atomic E-state index is 0.0520. The van der Waals surface area contributed by atoms with Gasteiger partial charge in [-0.05, 0) is 23.6 Å². The van der Waals surface area contributed by atoms with Gasteiger partial charge in [-0.25, -0.2) is 14.1 Å². The quantitative estimate of drug-likeness (QED) is 0.556.